The maximum atomic E-state index is 12.2. The SMILES string of the molecule is CC(C)OC(=O)[C@H](CCC(=O)C=N)NC(=O)[C@@H]1CCCOC1. The van der Waals surface area contributed by atoms with Crippen LogP contribution in [0, 0.1) is 11.3 Å². The van der Waals surface area contributed by atoms with Crippen LogP contribution in [-0.2, 0) is 23.9 Å². The van der Waals surface area contributed by atoms with Crippen LogP contribution in [0.2, 0.25) is 0 Å². The monoisotopic (exact) mass is 312 g/mol. The first-order chi connectivity index (χ1) is 10.4. The molecule has 1 aliphatic rings. The van der Waals surface area contributed by atoms with E-state index in [1.165, 1.54) is 0 Å². The Kier molecular flexibility index (Phi) is 7.73. The minimum atomic E-state index is -0.874. The van der Waals surface area contributed by atoms with Crippen molar-refractivity contribution in [2.45, 2.75) is 51.7 Å². The Hall–Kier alpha value is -1.76. The van der Waals surface area contributed by atoms with Crippen LogP contribution >= 0.6 is 0 Å². The van der Waals surface area contributed by atoms with E-state index < -0.39 is 17.8 Å². The highest BCUT2D eigenvalue weighted by molar-refractivity contribution is 6.26. The first kappa shape index (κ1) is 18.3. The van der Waals surface area contributed by atoms with Crippen LogP contribution in [0.25, 0.3) is 0 Å². The Morgan fingerprint density at radius 2 is 2.14 bits per heavy atom. The fourth-order valence-corrected chi connectivity index (χ4v) is 2.16. The van der Waals surface area contributed by atoms with E-state index in [-0.39, 0.29) is 30.8 Å². The van der Waals surface area contributed by atoms with E-state index in [0.29, 0.717) is 19.4 Å². The Morgan fingerprint density at radius 3 is 2.68 bits per heavy atom. The average molecular weight is 312 g/mol. The summed E-state index contributed by atoms with van der Waals surface area (Å²) < 4.78 is 10.4. The zero-order valence-corrected chi connectivity index (χ0v) is 13.1. The topological polar surface area (TPSA) is 106 Å². The van der Waals surface area contributed by atoms with E-state index in [2.05, 4.69) is 5.32 Å². The largest absolute Gasteiger partial charge is 0.461 e. The lowest BCUT2D eigenvalue weighted by Crippen LogP contribution is -2.46. The number of nitrogens with one attached hydrogen (secondary N) is 2. The number of esters is 1. The highest BCUT2D eigenvalue weighted by Crippen LogP contribution is 2.14. The molecule has 0 saturated carbocycles. The van der Waals surface area contributed by atoms with Crippen molar-refractivity contribution in [3.8, 4) is 0 Å². The third-order valence-electron chi connectivity index (χ3n) is 3.32. The van der Waals surface area contributed by atoms with Gasteiger partial charge in [0.2, 0.25) is 5.91 Å². The quantitative estimate of drug-likeness (QED) is 0.510. The molecule has 0 unspecified atom stereocenters. The molecule has 0 aromatic rings. The van der Waals surface area contributed by atoms with Crippen molar-refractivity contribution in [3.63, 3.8) is 0 Å². The van der Waals surface area contributed by atoms with Crippen LogP contribution in [0.5, 0.6) is 0 Å². The molecule has 7 nitrogen and oxygen atoms in total. The van der Waals surface area contributed by atoms with Gasteiger partial charge in [-0.2, -0.15) is 0 Å². The van der Waals surface area contributed by atoms with Crippen molar-refractivity contribution in [1.29, 1.82) is 5.41 Å². The van der Waals surface area contributed by atoms with E-state index in [4.69, 9.17) is 14.9 Å². The third kappa shape index (κ3) is 6.34. The molecule has 2 atom stereocenters. The lowest BCUT2D eigenvalue weighted by molar-refractivity contribution is -0.152. The zero-order valence-electron chi connectivity index (χ0n) is 13.1. The smallest absolute Gasteiger partial charge is 0.328 e. The number of hydrogen-bond donors (Lipinski definition) is 2. The maximum absolute atomic E-state index is 12.2. The van der Waals surface area contributed by atoms with E-state index in [9.17, 15) is 14.4 Å². The van der Waals surface area contributed by atoms with Gasteiger partial charge in [0, 0.05) is 13.0 Å². The molecule has 1 amide bonds. The molecule has 1 rings (SSSR count). The number of rotatable bonds is 8. The summed E-state index contributed by atoms with van der Waals surface area (Å²) >= 11 is 0. The van der Waals surface area contributed by atoms with Gasteiger partial charge in [-0.1, -0.05) is 0 Å². The number of Topliss-reactive ketones (excluding diaryl/α,β-unsaturated/α-hetero) is 1. The van der Waals surface area contributed by atoms with Crippen LogP contribution in [0.15, 0.2) is 0 Å². The summed E-state index contributed by atoms with van der Waals surface area (Å²) in [5, 5.41) is 9.53. The number of hydrogen-bond acceptors (Lipinski definition) is 6. The Labute approximate surface area is 130 Å². The van der Waals surface area contributed by atoms with Crippen molar-refractivity contribution < 1.29 is 23.9 Å². The molecule has 1 fully saturated rings. The zero-order chi connectivity index (χ0) is 16.5. The highest BCUT2D eigenvalue weighted by Gasteiger charge is 2.28. The number of ether oxygens (including phenoxy) is 2. The van der Waals surface area contributed by atoms with E-state index in [0.717, 1.165) is 12.8 Å². The number of carbonyl (C=O) groups is 3. The van der Waals surface area contributed by atoms with E-state index >= 15 is 0 Å². The van der Waals surface area contributed by atoms with Crippen molar-refractivity contribution in [1.82, 2.24) is 5.32 Å². The van der Waals surface area contributed by atoms with Gasteiger partial charge >= 0.3 is 5.97 Å². The molecule has 2 N–H and O–H groups in total. The molecule has 0 spiro atoms. The van der Waals surface area contributed by atoms with Crippen molar-refractivity contribution in [2.24, 2.45) is 5.92 Å². The van der Waals surface area contributed by atoms with Gasteiger partial charge in [0.05, 0.1) is 24.8 Å². The van der Waals surface area contributed by atoms with Gasteiger partial charge in [-0.15, -0.1) is 0 Å². The summed E-state index contributed by atoms with van der Waals surface area (Å²) in [5.41, 5.74) is 0. The average Bonchev–Trinajstić information content (AvgIpc) is 2.50. The summed E-state index contributed by atoms with van der Waals surface area (Å²) in [4.78, 5) is 35.4. The second-order valence-electron chi connectivity index (χ2n) is 5.61. The van der Waals surface area contributed by atoms with E-state index in [1.807, 2.05) is 0 Å². The molecule has 0 aromatic heterocycles. The van der Waals surface area contributed by atoms with Crippen LogP contribution < -0.4 is 5.32 Å². The normalized spacial score (nSPS) is 19.3. The van der Waals surface area contributed by atoms with Gasteiger partial charge in [0.1, 0.15) is 6.04 Å². The number of carbonyl (C=O) groups excluding carboxylic acids is 3. The molecule has 0 aromatic carbocycles. The van der Waals surface area contributed by atoms with Gasteiger partial charge in [-0.3, -0.25) is 9.59 Å². The summed E-state index contributed by atoms with van der Waals surface area (Å²) in [6.45, 7) is 4.43. The van der Waals surface area contributed by atoms with Crippen LogP contribution in [-0.4, -0.2) is 49.2 Å². The maximum Gasteiger partial charge on any atom is 0.328 e. The van der Waals surface area contributed by atoms with Gasteiger partial charge in [-0.25, -0.2) is 4.79 Å². The molecule has 0 radical (unpaired) electrons. The van der Waals surface area contributed by atoms with Gasteiger partial charge in [-0.05, 0) is 33.1 Å². The first-order valence-corrected chi connectivity index (χ1v) is 7.56. The minimum absolute atomic E-state index is 0.0167. The molecular formula is C15H24N2O5. The second kappa shape index (κ2) is 9.30. The fourth-order valence-electron chi connectivity index (χ4n) is 2.16. The Morgan fingerprint density at radius 1 is 1.41 bits per heavy atom. The first-order valence-electron chi connectivity index (χ1n) is 7.56. The summed E-state index contributed by atoms with van der Waals surface area (Å²) in [6.07, 6.45) is 2.08. The summed E-state index contributed by atoms with van der Waals surface area (Å²) in [5.74, 6) is -1.48. The molecule has 0 aliphatic carbocycles. The van der Waals surface area contributed by atoms with Crippen molar-refractivity contribution in [3.05, 3.63) is 0 Å². The molecule has 0 bridgehead atoms. The standard InChI is InChI=1S/C15H24N2O5/c1-10(2)22-15(20)13(6-5-12(18)8-16)17-14(19)11-4-3-7-21-9-11/h8,10-11,13,16H,3-7,9H2,1-2H3,(H,17,19)/t11-,13+/m1/s1. The van der Waals surface area contributed by atoms with Gasteiger partial charge < -0.3 is 20.2 Å². The highest BCUT2D eigenvalue weighted by atomic mass is 16.5. The van der Waals surface area contributed by atoms with E-state index in [1.54, 1.807) is 13.8 Å². The Bertz CT molecular complexity index is 416. The van der Waals surface area contributed by atoms with Crippen LogP contribution in [0.1, 0.15) is 39.5 Å². The third-order valence-corrected chi connectivity index (χ3v) is 3.32. The molecular weight excluding hydrogens is 288 g/mol. The van der Waals surface area contributed by atoms with Crippen LogP contribution in [0.3, 0.4) is 0 Å². The number of ketones is 1. The lowest BCUT2D eigenvalue weighted by atomic mass is 10.0. The predicted molar refractivity (Wildman–Crippen MR) is 79.7 cm³/mol. The van der Waals surface area contributed by atoms with Crippen molar-refractivity contribution >= 4 is 23.9 Å². The summed E-state index contributed by atoms with van der Waals surface area (Å²) in [7, 11) is 0. The van der Waals surface area contributed by atoms with Gasteiger partial charge in [0.25, 0.3) is 0 Å². The molecule has 7 heteroatoms. The minimum Gasteiger partial charge on any atom is -0.461 e. The molecule has 1 aliphatic heterocycles. The Balaban J connectivity index is 2.62. The molecule has 124 valence electrons. The van der Waals surface area contributed by atoms with Gasteiger partial charge in [0.15, 0.2) is 5.78 Å². The van der Waals surface area contributed by atoms with Crippen molar-refractivity contribution in [2.75, 3.05) is 13.2 Å². The van der Waals surface area contributed by atoms with Crippen LogP contribution in [0.4, 0.5) is 0 Å². The fraction of sp³-hybridized carbons (Fsp3) is 0.733. The molecule has 1 saturated heterocycles. The lowest BCUT2D eigenvalue weighted by Gasteiger charge is -2.24. The summed E-state index contributed by atoms with van der Waals surface area (Å²) in [6, 6.07) is -0.874. The predicted octanol–water partition coefficient (Wildman–Crippen LogP) is 0.848. The number of amides is 1. The molecule has 22 heavy (non-hydrogen) atoms. The second-order valence-corrected chi connectivity index (χ2v) is 5.61. The molecule has 1 heterocycles.